The molecule has 2 aromatic rings. The van der Waals surface area contributed by atoms with Gasteiger partial charge in [-0.15, -0.1) is 0 Å². The molecule has 2 rings (SSSR count). The van der Waals surface area contributed by atoms with Crippen molar-refractivity contribution in [1.82, 2.24) is 5.32 Å². The van der Waals surface area contributed by atoms with E-state index in [1.54, 1.807) is 0 Å². The summed E-state index contributed by atoms with van der Waals surface area (Å²) in [4.78, 5) is 0. The van der Waals surface area contributed by atoms with Crippen molar-refractivity contribution in [2.24, 2.45) is 0 Å². The second kappa shape index (κ2) is 6.31. The van der Waals surface area contributed by atoms with Gasteiger partial charge in [0.05, 0.1) is 11.6 Å². The maximum absolute atomic E-state index is 13.3. The van der Waals surface area contributed by atoms with Gasteiger partial charge < -0.3 is 5.32 Å². The van der Waals surface area contributed by atoms with Crippen LogP contribution in [-0.2, 0) is 6.54 Å². The van der Waals surface area contributed by atoms with Gasteiger partial charge in [0, 0.05) is 12.6 Å². The van der Waals surface area contributed by atoms with Gasteiger partial charge in [-0.2, -0.15) is 5.26 Å². The number of rotatable bonds is 4. The third-order valence-corrected chi connectivity index (χ3v) is 3.44. The second-order valence-electron chi connectivity index (χ2n) is 4.87. The van der Waals surface area contributed by atoms with E-state index in [1.165, 1.54) is 29.3 Å². The summed E-state index contributed by atoms with van der Waals surface area (Å²) >= 11 is 0. The van der Waals surface area contributed by atoms with Gasteiger partial charge in [0.15, 0.2) is 0 Å². The molecule has 0 radical (unpaired) electrons. The Hall–Kier alpha value is -2.18. The van der Waals surface area contributed by atoms with Crippen LogP contribution in [0.25, 0.3) is 0 Å². The Morgan fingerprint density at radius 3 is 2.70 bits per heavy atom. The molecular weight excluding hydrogens is 251 g/mol. The molecule has 1 N–H and O–H groups in total. The highest BCUT2D eigenvalue weighted by molar-refractivity contribution is 5.38. The molecule has 1 atom stereocenters. The highest BCUT2D eigenvalue weighted by atomic mass is 19.1. The standard InChI is InChI=1S/C17H17FN2/c1-12-5-3-4-6-17(12)13(2)20-11-15-9-16(18)8-7-14(15)10-19/h3-9,13,20H,11H2,1-2H3. The van der Waals surface area contributed by atoms with Crippen LogP contribution in [0.3, 0.4) is 0 Å². The molecule has 0 spiro atoms. The first-order chi connectivity index (χ1) is 9.61. The van der Waals surface area contributed by atoms with E-state index in [0.717, 1.165) is 0 Å². The summed E-state index contributed by atoms with van der Waals surface area (Å²) in [5.41, 5.74) is 3.62. The predicted octanol–water partition coefficient (Wildman–Crippen LogP) is 3.86. The third kappa shape index (κ3) is 3.23. The molecule has 2 aromatic carbocycles. The first-order valence-corrected chi connectivity index (χ1v) is 6.59. The fourth-order valence-electron chi connectivity index (χ4n) is 2.26. The van der Waals surface area contributed by atoms with Crippen LogP contribution in [-0.4, -0.2) is 0 Å². The van der Waals surface area contributed by atoms with E-state index < -0.39 is 0 Å². The molecule has 0 saturated carbocycles. The van der Waals surface area contributed by atoms with E-state index in [2.05, 4.69) is 37.4 Å². The van der Waals surface area contributed by atoms with Crippen LogP contribution in [0.1, 0.15) is 35.2 Å². The van der Waals surface area contributed by atoms with Gasteiger partial charge in [-0.3, -0.25) is 0 Å². The molecule has 2 nitrogen and oxygen atoms in total. The minimum atomic E-state index is -0.315. The number of nitrogens with zero attached hydrogens (tertiary/aromatic N) is 1. The second-order valence-corrected chi connectivity index (χ2v) is 4.87. The minimum absolute atomic E-state index is 0.144. The van der Waals surface area contributed by atoms with Crippen LogP contribution < -0.4 is 5.32 Å². The molecule has 0 aliphatic heterocycles. The fourth-order valence-corrected chi connectivity index (χ4v) is 2.26. The lowest BCUT2D eigenvalue weighted by molar-refractivity contribution is 0.566. The smallest absolute Gasteiger partial charge is 0.123 e. The normalized spacial score (nSPS) is 11.9. The van der Waals surface area contributed by atoms with Crippen molar-refractivity contribution < 1.29 is 4.39 Å². The molecular formula is C17H17FN2. The average Bonchev–Trinajstić information content (AvgIpc) is 2.45. The highest BCUT2D eigenvalue weighted by Gasteiger charge is 2.09. The highest BCUT2D eigenvalue weighted by Crippen LogP contribution is 2.18. The number of nitrogens with one attached hydrogen (secondary N) is 1. The number of benzene rings is 2. The third-order valence-electron chi connectivity index (χ3n) is 3.44. The molecule has 0 saturated heterocycles. The van der Waals surface area contributed by atoms with Gasteiger partial charge in [-0.1, -0.05) is 24.3 Å². The van der Waals surface area contributed by atoms with E-state index in [0.29, 0.717) is 17.7 Å². The Morgan fingerprint density at radius 1 is 1.25 bits per heavy atom. The first kappa shape index (κ1) is 14.2. The topological polar surface area (TPSA) is 35.8 Å². The zero-order valence-electron chi connectivity index (χ0n) is 11.7. The summed E-state index contributed by atoms with van der Waals surface area (Å²) in [5, 5.41) is 12.4. The maximum Gasteiger partial charge on any atom is 0.123 e. The summed E-state index contributed by atoms with van der Waals surface area (Å²) in [7, 11) is 0. The van der Waals surface area contributed by atoms with Crippen molar-refractivity contribution >= 4 is 0 Å². The van der Waals surface area contributed by atoms with Gasteiger partial charge in [-0.05, 0) is 48.7 Å². The van der Waals surface area contributed by atoms with Crippen molar-refractivity contribution in [1.29, 1.82) is 5.26 Å². The number of nitriles is 1. The Bertz CT molecular complexity index is 644. The molecule has 0 aliphatic rings. The average molecular weight is 268 g/mol. The van der Waals surface area contributed by atoms with Gasteiger partial charge in [-0.25, -0.2) is 4.39 Å². The Balaban J connectivity index is 2.11. The van der Waals surface area contributed by atoms with Crippen LogP contribution in [0.2, 0.25) is 0 Å². The molecule has 20 heavy (non-hydrogen) atoms. The monoisotopic (exact) mass is 268 g/mol. The van der Waals surface area contributed by atoms with Crippen molar-refractivity contribution in [2.75, 3.05) is 0 Å². The van der Waals surface area contributed by atoms with E-state index in [-0.39, 0.29) is 11.9 Å². The lowest BCUT2D eigenvalue weighted by Crippen LogP contribution is -2.19. The van der Waals surface area contributed by atoms with Crippen LogP contribution in [0.5, 0.6) is 0 Å². The largest absolute Gasteiger partial charge is 0.306 e. The predicted molar refractivity (Wildman–Crippen MR) is 77.5 cm³/mol. The summed E-state index contributed by atoms with van der Waals surface area (Å²) in [6.07, 6.45) is 0. The lowest BCUT2D eigenvalue weighted by atomic mass is 10.0. The van der Waals surface area contributed by atoms with Crippen LogP contribution in [0.15, 0.2) is 42.5 Å². The zero-order chi connectivity index (χ0) is 14.5. The van der Waals surface area contributed by atoms with Crippen molar-refractivity contribution in [3.63, 3.8) is 0 Å². The van der Waals surface area contributed by atoms with Crippen molar-refractivity contribution in [3.8, 4) is 6.07 Å². The quantitative estimate of drug-likeness (QED) is 0.914. The number of hydrogen-bond acceptors (Lipinski definition) is 2. The molecule has 102 valence electrons. The van der Waals surface area contributed by atoms with Gasteiger partial charge >= 0.3 is 0 Å². The van der Waals surface area contributed by atoms with Crippen molar-refractivity contribution in [3.05, 3.63) is 70.5 Å². The van der Waals surface area contributed by atoms with Crippen LogP contribution >= 0.6 is 0 Å². The van der Waals surface area contributed by atoms with E-state index >= 15 is 0 Å². The molecule has 0 aromatic heterocycles. The Morgan fingerprint density at radius 2 is 2.00 bits per heavy atom. The maximum atomic E-state index is 13.3. The molecule has 3 heteroatoms. The van der Waals surface area contributed by atoms with Crippen LogP contribution in [0.4, 0.5) is 4.39 Å². The first-order valence-electron chi connectivity index (χ1n) is 6.59. The zero-order valence-corrected chi connectivity index (χ0v) is 11.7. The Kier molecular flexibility index (Phi) is 4.49. The Labute approximate surface area is 118 Å². The van der Waals surface area contributed by atoms with E-state index in [4.69, 9.17) is 5.26 Å². The number of aryl methyl sites for hydroxylation is 1. The lowest BCUT2D eigenvalue weighted by Gasteiger charge is -2.17. The van der Waals surface area contributed by atoms with Gasteiger partial charge in [0.1, 0.15) is 5.82 Å². The number of halogens is 1. The molecule has 0 bridgehead atoms. The van der Waals surface area contributed by atoms with Crippen molar-refractivity contribution in [2.45, 2.75) is 26.4 Å². The summed E-state index contributed by atoms with van der Waals surface area (Å²) < 4.78 is 13.3. The molecule has 0 aliphatic carbocycles. The van der Waals surface area contributed by atoms with Gasteiger partial charge in [0.2, 0.25) is 0 Å². The number of hydrogen-bond donors (Lipinski definition) is 1. The van der Waals surface area contributed by atoms with Gasteiger partial charge in [0.25, 0.3) is 0 Å². The molecule has 0 fully saturated rings. The minimum Gasteiger partial charge on any atom is -0.306 e. The summed E-state index contributed by atoms with van der Waals surface area (Å²) in [6, 6.07) is 14.6. The van der Waals surface area contributed by atoms with E-state index in [1.807, 2.05) is 12.1 Å². The summed E-state index contributed by atoms with van der Waals surface area (Å²) in [5.74, 6) is -0.315. The summed E-state index contributed by atoms with van der Waals surface area (Å²) in [6.45, 7) is 4.60. The molecule has 1 unspecified atom stereocenters. The molecule has 0 amide bonds. The fraction of sp³-hybridized carbons (Fsp3) is 0.235. The molecule has 0 heterocycles. The van der Waals surface area contributed by atoms with Crippen LogP contribution in [0, 0.1) is 24.1 Å². The van der Waals surface area contributed by atoms with E-state index in [9.17, 15) is 4.39 Å². The SMILES string of the molecule is Cc1ccccc1C(C)NCc1cc(F)ccc1C#N.